The van der Waals surface area contributed by atoms with Crippen molar-refractivity contribution < 1.29 is 23.8 Å². The Kier molecular flexibility index (Phi) is 4.43. The molecule has 0 saturated heterocycles. The van der Waals surface area contributed by atoms with E-state index >= 15 is 0 Å². The standard InChI is InChI=1S/C12H12F2N4O3/c13-9-4-10(14)11(3-8(9)12(20)21)15-5-7-6-18(1-2-19)17-16-7/h3-4,6,15,19H,1-2,5H2,(H,20,21). The van der Waals surface area contributed by atoms with Gasteiger partial charge in [-0.1, -0.05) is 5.21 Å². The molecular weight excluding hydrogens is 286 g/mol. The SMILES string of the molecule is O=C(O)c1cc(NCc2cn(CCO)nn2)c(F)cc1F. The first-order valence-corrected chi connectivity index (χ1v) is 5.97. The van der Waals surface area contributed by atoms with Crippen molar-refractivity contribution in [1.82, 2.24) is 15.0 Å². The summed E-state index contributed by atoms with van der Waals surface area (Å²) in [6.45, 7) is 0.263. The quantitative estimate of drug-likeness (QED) is 0.731. The second kappa shape index (κ2) is 6.27. The fraction of sp³-hybridized carbons (Fsp3) is 0.250. The summed E-state index contributed by atoms with van der Waals surface area (Å²) in [7, 11) is 0. The molecule has 0 atom stereocenters. The van der Waals surface area contributed by atoms with Crippen LogP contribution in [0.1, 0.15) is 16.1 Å². The number of hydrogen-bond donors (Lipinski definition) is 3. The van der Waals surface area contributed by atoms with Crippen molar-refractivity contribution >= 4 is 11.7 Å². The van der Waals surface area contributed by atoms with E-state index in [9.17, 15) is 13.6 Å². The first-order valence-electron chi connectivity index (χ1n) is 5.97. The number of aliphatic hydroxyl groups is 1. The van der Waals surface area contributed by atoms with Gasteiger partial charge in [-0.15, -0.1) is 5.10 Å². The zero-order valence-electron chi connectivity index (χ0n) is 10.8. The molecule has 0 unspecified atom stereocenters. The maximum absolute atomic E-state index is 13.6. The first-order chi connectivity index (χ1) is 10.0. The molecule has 7 nitrogen and oxygen atoms in total. The second-order valence-corrected chi connectivity index (χ2v) is 4.17. The average molecular weight is 298 g/mol. The number of aliphatic hydroxyl groups excluding tert-OH is 1. The van der Waals surface area contributed by atoms with E-state index in [1.165, 1.54) is 4.68 Å². The molecule has 9 heteroatoms. The third kappa shape index (κ3) is 3.51. The third-order valence-electron chi connectivity index (χ3n) is 2.66. The lowest BCUT2D eigenvalue weighted by atomic mass is 10.1. The van der Waals surface area contributed by atoms with Crippen LogP contribution in [0.25, 0.3) is 0 Å². The van der Waals surface area contributed by atoms with Gasteiger partial charge in [-0.05, 0) is 6.07 Å². The van der Waals surface area contributed by atoms with Gasteiger partial charge in [0.05, 0.1) is 37.1 Å². The molecule has 1 aromatic heterocycles. The number of carboxylic acid groups (broad SMARTS) is 1. The van der Waals surface area contributed by atoms with E-state index in [-0.39, 0.29) is 25.4 Å². The number of aromatic nitrogens is 3. The molecule has 0 spiro atoms. The molecule has 0 aliphatic heterocycles. The van der Waals surface area contributed by atoms with Gasteiger partial charge >= 0.3 is 5.97 Å². The number of nitrogens with one attached hydrogen (secondary N) is 1. The molecule has 21 heavy (non-hydrogen) atoms. The minimum atomic E-state index is -1.48. The van der Waals surface area contributed by atoms with Gasteiger partial charge in [0.1, 0.15) is 17.3 Å². The number of nitrogens with zero attached hydrogens (tertiary/aromatic N) is 3. The Labute approximate surface area is 117 Å². The summed E-state index contributed by atoms with van der Waals surface area (Å²) < 4.78 is 28.2. The Bertz CT molecular complexity index is 660. The van der Waals surface area contributed by atoms with Gasteiger partial charge in [0.25, 0.3) is 0 Å². The van der Waals surface area contributed by atoms with Crippen LogP contribution in [-0.2, 0) is 13.1 Å². The lowest BCUT2D eigenvalue weighted by Gasteiger charge is -2.07. The molecule has 0 radical (unpaired) electrons. The van der Waals surface area contributed by atoms with Gasteiger partial charge in [0, 0.05) is 6.07 Å². The molecule has 2 aromatic rings. The summed E-state index contributed by atoms with van der Waals surface area (Å²) in [5, 5.41) is 27.7. The maximum Gasteiger partial charge on any atom is 0.338 e. The van der Waals surface area contributed by atoms with E-state index in [4.69, 9.17) is 10.2 Å². The molecule has 2 rings (SSSR count). The van der Waals surface area contributed by atoms with E-state index in [1.807, 2.05) is 0 Å². The van der Waals surface area contributed by atoms with Crippen molar-refractivity contribution in [3.8, 4) is 0 Å². The number of carbonyl (C=O) groups is 1. The first kappa shape index (κ1) is 14.9. The van der Waals surface area contributed by atoms with Gasteiger partial charge in [0.15, 0.2) is 0 Å². The Morgan fingerprint density at radius 1 is 1.33 bits per heavy atom. The highest BCUT2D eigenvalue weighted by molar-refractivity contribution is 5.89. The van der Waals surface area contributed by atoms with Crippen LogP contribution >= 0.6 is 0 Å². The van der Waals surface area contributed by atoms with Crippen molar-refractivity contribution in [3.63, 3.8) is 0 Å². The van der Waals surface area contributed by atoms with Crippen LogP contribution in [0.3, 0.4) is 0 Å². The summed E-state index contributed by atoms with van der Waals surface area (Å²) in [5.41, 5.74) is -0.308. The van der Waals surface area contributed by atoms with Crippen molar-refractivity contribution in [2.45, 2.75) is 13.1 Å². The molecule has 1 aromatic carbocycles. The van der Waals surface area contributed by atoms with Crippen molar-refractivity contribution in [2.75, 3.05) is 11.9 Å². The Hall–Kier alpha value is -2.55. The Morgan fingerprint density at radius 3 is 2.76 bits per heavy atom. The van der Waals surface area contributed by atoms with E-state index in [2.05, 4.69) is 15.6 Å². The van der Waals surface area contributed by atoms with E-state index < -0.39 is 23.2 Å². The molecule has 3 N–H and O–H groups in total. The molecule has 0 fully saturated rings. The summed E-state index contributed by atoms with van der Waals surface area (Å²) in [6, 6.07) is 1.39. The highest BCUT2D eigenvalue weighted by atomic mass is 19.1. The van der Waals surface area contributed by atoms with E-state index in [0.717, 1.165) is 6.07 Å². The Morgan fingerprint density at radius 2 is 2.10 bits per heavy atom. The molecule has 0 aliphatic carbocycles. The van der Waals surface area contributed by atoms with Crippen LogP contribution in [-0.4, -0.2) is 37.8 Å². The smallest absolute Gasteiger partial charge is 0.338 e. The van der Waals surface area contributed by atoms with Crippen molar-refractivity contribution in [1.29, 1.82) is 0 Å². The fourth-order valence-corrected chi connectivity index (χ4v) is 1.67. The average Bonchev–Trinajstić information content (AvgIpc) is 2.85. The third-order valence-corrected chi connectivity index (χ3v) is 2.66. The zero-order valence-corrected chi connectivity index (χ0v) is 10.8. The lowest BCUT2D eigenvalue weighted by molar-refractivity contribution is 0.0692. The van der Waals surface area contributed by atoms with Crippen molar-refractivity contribution in [3.05, 3.63) is 41.2 Å². The fourth-order valence-electron chi connectivity index (χ4n) is 1.67. The topological polar surface area (TPSA) is 100 Å². The van der Waals surface area contributed by atoms with Crippen LogP contribution < -0.4 is 5.32 Å². The number of halogens is 2. The summed E-state index contributed by atoms with van der Waals surface area (Å²) >= 11 is 0. The highest BCUT2D eigenvalue weighted by Crippen LogP contribution is 2.20. The van der Waals surface area contributed by atoms with Gasteiger partial charge in [-0.3, -0.25) is 0 Å². The van der Waals surface area contributed by atoms with E-state index in [0.29, 0.717) is 11.8 Å². The number of anilines is 1. The predicted octanol–water partition coefficient (Wildman–Crippen LogP) is 0.859. The summed E-state index contributed by atoms with van der Waals surface area (Å²) in [4.78, 5) is 10.8. The van der Waals surface area contributed by atoms with E-state index in [1.54, 1.807) is 6.20 Å². The van der Waals surface area contributed by atoms with Crippen LogP contribution in [0.5, 0.6) is 0 Å². The summed E-state index contributed by atoms with van der Waals surface area (Å²) in [6.07, 6.45) is 1.54. The van der Waals surface area contributed by atoms with Gasteiger partial charge < -0.3 is 15.5 Å². The molecule has 112 valence electrons. The number of rotatable bonds is 6. The number of benzene rings is 1. The molecule has 0 saturated carbocycles. The molecular formula is C12H12F2N4O3. The van der Waals surface area contributed by atoms with Gasteiger partial charge in [0.2, 0.25) is 0 Å². The molecule has 1 heterocycles. The monoisotopic (exact) mass is 298 g/mol. The van der Waals surface area contributed by atoms with Crippen LogP contribution in [0.2, 0.25) is 0 Å². The zero-order chi connectivity index (χ0) is 15.4. The van der Waals surface area contributed by atoms with Gasteiger partial charge in [-0.25, -0.2) is 18.3 Å². The van der Waals surface area contributed by atoms with Crippen LogP contribution in [0.15, 0.2) is 18.3 Å². The predicted molar refractivity (Wildman–Crippen MR) is 67.8 cm³/mol. The molecule has 0 aliphatic rings. The summed E-state index contributed by atoms with van der Waals surface area (Å²) in [5.74, 6) is -3.52. The Balaban J connectivity index is 2.11. The number of aromatic carboxylic acids is 1. The second-order valence-electron chi connectivity index (χ2n) is 4.17. The number of carboxylic acids is 1. The number of hydrogen-bond acceptors (Lipinski definition) is 5. The minimum absolute atomic E-state index is 0.0764. The molecule has 0 bridgehead atoms. The normalized spacial score (nSPS) is 10.6. The lowest BCUT2D eigenvalue weighted by Crippen LogP contribution is -2.07. The minimum Gasteiger partial charge on any atom is -0.478 e. The maximum atomic E-state index is 13.6. The molecule has 0 amide bonds. The highest BCUT2D eigenvalue weighted by Gasteiger charge is 2.15. The van der Waals surface area contributed by atoms with Crippen LogP contribution in [0.4, 0.5) is 14.5 Å². The van der Waals surface area contributed by atoms with Gasteiger partial charge in [-0.2, -0.15) is 0 Å². The van der Waals surface area contributed by atoms with Crippen LogP contribution in [0, 0.1) is 11.6 Å². The largest absolute Gasteiger partial charge is 0.478 e. The van der Waals surface area contributed by atoms with Crippen molar-refractivity contribution in [2.24, 2.45) is 0 Å².